The van der Waals surface area contributed by atoms with Crippen molar-refractivity contribution in [2.24, 2.45) is 5.73 Å². The summed E-state index contributed by atoms with van der Waals surface area (Å²) in [5.41, 5.74) is 7.85. The summed E-state index contributed by atoms with van der Waals surface area (Å²) in [5.74, 6) is 0. The normalized spacial score (nSPS) is 20.8. The maximum absolute atomic E-state index is 12.3. The van der Waals surface area contributed by atoms with Crippen LogP contribution in [0.25, 0.3) is 0 Å². The minimum atomic E-state index is -3.42. The van der Waals surface area contributed by atoms with Gasteiger partial charge in [-0.3, -0.25) is 5.10 Å². The predicted molar refractivity (Wildman–Crippen MR) is 82.0 cm³/mol. The highest BCUT2D eigenvalue weighted by molar-refractivity contribution is 7.87. The first-order chi connectivity index (χ1) is 10.0. The number of hydrogen-bond donors (Lipinski definition) is 3. The maximum Gasteiger partial charge on any atom is 0.279 e. The lowest BCUT2D eigenvalue weighted by Gasteiger charge is -2.33. The fraction of sp³-hybridized carbons (Fsp3) is 0.769. The Morgan fingerprint density at radius 1 is 1.52 bits per heavy atom. The summed E-state index contributed by atoms with van der Waals surface area (Å²) in [6, 6.07) is -0.0626. The molecule has 7 nitrogen and oxygen atoms in total. The first kappa shape index (κ1) is 16.4. The van der Waals surface area contributed by atoms with Gasteiger partial charge in [0.1, 0.15) is 0 Å². The Hall–Kier alpha value is -0.960. The van der Waals surface area contributed by atoms with E-state index in [1.807, 2.05) is 6.92 Å². The largest absolute Gasteiger partial charge is 0.329 e. The van der Waals surface area contributed by atoms with E-state index in [9.17, 15) is 8.42 Å². The van der Waals surface area contributed by atoms with Crippen molar-refractivity contribution in [1.82, 2.24) is 19.2 Å². The summed E-state index contributed by atoms with van der Waals surface area (Å²) < 4.78 is 28.9. The second-order valence-electron chi connectivity index (χ2n) is 5.52. The summed E-state index contributed by atoms with van der Waals surface area (Å²) in [6.45, 7) is 3.35. The van der Waals surface area contributed by atoms with Gasteiger partial charge in [-0.2, -0.15) is 17.8 Å². The van der Waals surface area contributed by atoms with Crippen LogP contribution in [0, 0.1) is 6.92 Å². The first-order valence-electron chi connectivity index (χ1n) is 7.50. The number of piperidine rings is 1. The molecule has 4 N–H and O–H groups in total. The van der Waals surface area contributed by atoms with E-state index in [0.29, 0.717) is 19.6 Å². The van der Waals surface area contributed by atoms with Gasteiger partial charge in [-0.25, -0.2) is 4.72 Å². The third kappa shape index (κ3) is 4.26. The quantitative estimate of drug-likeness (QED) is 0.629. The van der Waals surface area contributed by atoms with Crippen LogP contribution in [0.5, 0.6) is 0 Å². The molecule has 1 atom stereocenters. The molecular formula is C13H25N5O2S. The van der Waals surface area contributed by atoms with Crippen molar-refractivity contribution in [2.45, 2.75) is 45.1 Å². The van der Waals surface area contributed by atoms with E-state index >= 15 is 0 Å². The van der Waals surface area contributed by atoms with Crippen LogP contribution in [0.3, 0.4) is 0 Å². The minimum Gasteiger partial charge on any atom is -0.329 e. The zero-order valence-corrected chi connectivity index (χ0v) is 13.3. The predicted octanol–water partition coefficient (Wildman–Crippen LogP) is 0.298. The molecule has 0 aliphatic carbocycles. The fourth-order valence-electron chi connectivity index (χ4n) is 2.72. The third-order valence-electron chi connectivity index (χ3n) is 4.00. The Balaban J connectivity index is 1.82. The molecule has 8 heteroatoms. The lowest BCUT2D eigenvalue weighted by molar-refractivity contribution is 0.254. The van der Waals surface area contributed by atoms with Crippen LogP contribution in [0.1, 0.15) is 36.9 Å². The Labute approximate surface area is 126 Å². The third-order valence-corrected chi connectivity index (χ3v) is 5.66. The molecule has 1 aliphatic rings. The molecule has 2 heterocycles. The molecule has 0 aromatic carbocycles. The standard InChI is InChI=1S/C13H25N5O2S/c1-11-12(10-15-17-11)5-4-7-16-21(19,20)18-8-3-2-6-13(18)9-14/h10,13,16H,2-9,14H2,1H3,(H,15,17). The molecular weight excluding hydrogens is 290 g/mol. The van der Waals surface area contributed by atoms with Gasteiger partial charge >= 0.3 is 0 Å². The zero-order chi connectivity index (χ0) is 15.3. The lowest BCUT2D eigenvalue weighted by Crippen LogP contribution is -2.51. The minimum absolute atomic E-state index is 0.0626. The van der Waals surface area contributed by atoms with E-state index in [4.69, 9.17) is 5.73 Å². The topological polar surface area (TPSA) is 104 Å². The van der Waals surface area contributed by atoms with Crippen LogP contribution < -0.4 is 10.5 Å². The molecule has 0 bridgehead atoms. The van der Waals surface area contributed by atoms with Crippen LogP contribution in [0.4, 0.5) is 0 Å². The molecule has 0 spiro atoms. The highest BCUT2D eigenvalue weighted by Gasteiger charge is 2.30. The molecule has 2 rings (SSSR count). The number of aryl methyl sites for hydroxylation is 2. The van der Waals surface area contributed by atoms with E-state index < -0.39 is 10.2 Å². The number of rotatable bonds is 7. The maximum atomic E-state index is 12.3. The van der Waals surface area contributed by atoms with Crippen molar-refractivity contribution in [3.8, 4) is 0 Å². The molecule has 1 aliphatic heterocycles. The zero-order valence-electron chi connectivity index (χ0n) is 12.5. The van der Waals surface area contributed by atoms with Crippen LogP contribution in [0.2, 0.25) is 0 Å². The van der Waals surface area contributed by atoms with Crippen LogP contribution in [-0.4, -0.2) is 48.6 Å². The summed E-state index contributed by atoms with van der Waals surface area (Å²) >= 11 is 0. The van der Waals surface area contributed by atoms with Gasteiger partial charge in [-0.1, -0.05) is 6.42 Å². The van der Waals surface area contributed by atoms with Gasteiger partial charge in [0.2, 0.25) is 0 Å². The van der Waals surface area contributed by atoms with Crippen molar-refractivity contribution in [2.75, 3.05) is 19.6 Å². The smallest absolute Gasteiger partial charge is 0.279 e. The number of hydrogen-bond acceptors (Lipinski definition) is 4. The molecule has 1 aromatic heterocycles. The van der Waals surface area contributed by atoms with Gasteiger partial charge in [-0.15, -0.1) is 0 Å². The summed E-state index contributed by atoms with van der Waals surface area (Å²) in [6.07, 6.45) is 6.16. The molecule has 0 saturated carbocycles. The molecule has 1 aromatic rings. The van der Waals surface area contributed by atoms with Crippen LogP contribution >= 0.6 is 0 Å². The second kappa shape index (κ2) is 7.35. The molecule has 1 fully saturated rings. The van der Waals surface area contributed by atoms with Gasteiger partial charge in [0, 0.05) is 31.4 Å². The highest BCUT2D eigenvalue weighted by atomic mass is 32.2. The van der Waals surface area contributed by atoms with Crippen LogP contribution in [-0.2, 0) is 16.6 Å². The van der Waals surface area contributed by atoms with Gasteiger partial charge in [0.05, 0.1) is 6.20 Å². The SMILES string of the molecule is Cc1[nH]ncc1CCCNS(=O)(=O)N1CCCCC1CN. The first-order valence-corrected chi connectivity index (χ1v) is 8.94. The van der Waals surface area contributed by atoms with Gasteiger partial charge < -0.3 is 5.73 Å². The van der Waals surface area contributed by atoms with E-state index in [1.165, 1.54) is 4.31 Å². The number of aromatic nitrogens is 2. The summed E-state index contributed by atoms with van der Waals surface area (Å²) in [4.78, 5) is 0. The Bertz CT molecular complexity index is 543. The average molecular weight is 315 g/mol. The van der Waals surface area contributed by atoms with Crippen molar-refractivity contribution >= 4 is 10.2 Å². The van der Waals surface area contributed by atoms with Crippen molar-refractivity contribution in [3.63, 3.8) is 0 Å². The molecule has 1 saturated heterocycles. The Morgan fingerprint density at radius 3 is 3.00 bits per heavy atom. The summed E-state index contributed by atoms with van der Waals surface area (Å²) in [5, 5.41) is 6.84. The number of nitrogens with one attached hydrogen (secondary N) is 2. The van der Waals surface area contributed by atoms with E-state index in [2.05, 4.69) is 14.9 Å². The van der Waals surface area contributed by atoms with Gasteiger partial charge in [-0.05, 0) is 38.2 Å². The Kier molecular flexibility index (Phi) is 5.74. The van der Waals surface area contributed by atoms with Crippen LogP contribution in [0.15, 0.2) is 6.20 Å². The molecule has 1 unspecified atom stereocenters. The fourth-order valence-corrected chi connectivity index (χ4v) is 4.24. The molecule has 0 radical (unpaired) electrons. The number of nitrogens with two attached hydrogens (primary N) is 1. The monoisotopic (exact) mass is 315 g/mol. The molecule has 0 amide bonds. The number of H-pyrrole nitrogens is 1. The average Bonchev–Trinajstić information content (AvgIpc) is 2.89. The Morgan fingerprint density at radius 2 is 2.33 bits per heavy atom. The molecule has 21 heavy (non-hydrogen) atoms. The number of nitrogens with zero attached hydrogens (tertiary/aromatic N) is 2. The van der Waals surface area contributed by atoms with E-state index in [-0.39, 0.29) is 6.04 Å². The number of aromatic amines is 1. The highest BCUT2D eigenvalue weighted by Crippen LogP contribution is 2.18. The molecule has 120 valence electrons. The van der Waals surface area contributed by atoms with Gasteiger partial charge in [0.25, 0.3) is 10.2 Å². The summed E-state index contributed by atoms with van der Waals surface area (Å²) in [7, 11) is -3.42. The lowest BCUT2D eigenvalue weighted by atomic mass is 10.1. The van der Waals surface area contributed by atoms with E-state index in [0.717, 1.165) is 43.4 Å². The van der Waals surface area contributed by atoms with Crippen molar-refractivity contribution < 1.29 is 8.42 Å². The van der Waals surface area contributed by atoms with Crippen molar-refractivity contribution in [3.05, 3.63) is 17.5 Å². The van der Waals surface area contributed by atoms with Gasteiger partial charge in [0.15, 0.2) is 0 Å². The van der Waals surface area contributed by atoms with E-state index in [1.54, 1.807) is 6.20 Å². The second-order valence-corrected chi connectivity index (χ2v) is 7.23. The van der Waals surface area contributed by atoms with Crippen molar-refractivity contribution in [1.29, 1.82) is 0 Å².